The van der Waals surface area contributed by atoms with Gasteiger partial charge >= 0.3 is 6.03 Å². The molecule has 3 rings (SSSR count). The first-order valence-corrected chi connectivity index (χ1v) is 8.97. The van der Waals surface area contributed by atoms with Crippen LogP contribution in [0.4, 0.5) is 22.0 Å². The second kappa shape index (κ2) is 8.83. The van der Waals surface area contributed by atoms with Crippen molar-refractivity contribution >= 4 is 34.0 Å². The molecule has 0 aliphatic heterocycles. The molecular formula is C19H20N6O4. The number of aromatic amines is 1. The Morgan fingerprint density at radius 1 is 1.17 bits per heavy atom. The molecule has 29 heavy (non-hydrogen) atoms. The number of aryl methyl sites for hydroxylation is 1. The Labute approximate surface area is 165 Å². The summed E-state index contributed by atoms with van der Waals surface area (Å²) in [7, 11) is 0. The normalized spacial score (nSPS) is 10.5. The summed E-state index contributed by atoms with van der Waals surface area (Å²) in [4.78, 5) is 34.2. The monoisotopic (exact) mass is 396 g/mol. The van der Waals surface area contributed by atoms with Gasteiger partial charge in [0, 0.05) is 35.8 Å². The van der Waals surface area contributed by atoms with Crippen LogP contribution in [-0.2, 0) is 0 Å². The standard InChI is InChI=1S/C19H20N6O4/c1-12-7-8-13(11-16(12)25(28)29)22-19(27)21-10-4-9-20-17-14-5-2-3-6-15(14)18(26)24-23-17/h2-3,5-8,11H,4,9-10H2,1H3,(H,20,23)(H,24,26)(H2,21,22,27). The summed E-state index contributed by atoms with van der Waals surface area (Å²) in [6.07, 6.45) is 0.608. The summed E-state index contributed by atoms with van der Waals surface area (Å²) >= 11 is 0. The second-order valence-electron chi connectivity index (χ2n) is 6.37. The van der Waals surface area contributed by atoms with Gasteiger partial charge < -0.3 is 16.0 Å². The summed E-state index contributed by atoms with van der Waals surface area (Å²) in [6.45, 7) is 2.54. The summed E-state index contributed by atoms with van der Waals surface area (Å²) in [5.41, 5.74) is 0.575. The molecule has 0 radical (unpaired) electrons. The smallest absolute Gasteiger partial charge is 0.319 e. The molecule has 2 aromatic carbocycles. The van der Waals surface area contributed by atoms with Crippen molar-refractivity contribution in [1.82, 2.24) is 15.5 Å². The zero-order chi connectivity index (χ0) is 20.8. The predicted octanol–water partition coefficient (Wildman–Crippen LogP) is 2.76. The zero-order valence-corrected chi connectivity index (χ0v) is 15.7. The van der Waals surface area contributed by atoms with E-state index < -0.39 is 11.0 Å². The van der Waals surface area contributed by atoms with E-state index in [0.717, 1.165) is 5.39 Å². The molecule has 10 heteroatoms. The van der Waals surface area contributed by atoms with Crippen molar-refractivity contribution in [1.29, 1.82) is 0 Å². The minimum absolute atomic E-state index is 0.0485. The third-order valence-electron chi connectivity index (χ3n) is 4.29. The maximum atomic E-state index is 12.0. The maximum absolute atomic E-state index is 12.0. The number of fused-ring (bicyclic) bond motifs is 1. The van der Waals surface area contributed by atoms with Crippen molar-refractivity contribution in [3.8, 4) is 0 Å². The molecule has 150 valence electrons. The predicted molar refractivity (Wildman–Crippen MR) is 110 cm³/mol. The lowest BCUT2D eigenvalue weighted by Gasteiger charge is -2.10. The number of urea groups is 1. The van der Waals surface area contributed by atoms with Gasteiger partial charge in [-0.25, -0.2) is 9.89 Å². The van der Waals surface area contributed by atoms with Crippen molar-refractivity contribution in [2.75, 3.05) is 23.7 Å². The first kappa shape index (κ1) is 19.8. The van der Waals surface area contributed by atoms with Gasteiger partial charge in [0.25, 0.3) is 11.2 Å². The van der Waals surface area contributed by atoms with Crippen molar-refractivity contribution in [3.05, 3.63) is 68.5 Å². The number of anilines is 2. The largest absolute Gasteiger partial charge is 0.368 e. The van der Waals surface area contributed by atoms with Crippen LogP contribution in [0.25, 0.3) is 10.8 Å². The van der Waals surface area contributed by atoms with Gasteiger partial charge in [-0.2, -0.15) is 5.10 Å². The zero-order valence-electron chi connectivity index (χ0n) is 15.7. The third kappa shape index (κ3) is 4.86. The Kier molecular flexibility index (Phi) is 6.03. The second-order valence-corrected chi connectivity index (χ2v) is 6.37. The number of nitro groups is 1. The number of nitro benzene ring substituents is 1. The van der Waals surface area contributed by atoms with Gasteiger partial charge in [0.2, 0.25) is 0 Å². The highest BCUT2D eigenvalue weighted by Crippen LogP contribution is 2.22. The highest BCUT2D eigenvalue weighted by Gasteiger charge is 2.12. The van der Waals surface area contributed by atoms with Crippen LogP contribution in [0.3, 0.4) is 0 Å². The van der Waals surface area contributed by atoms with E-state index in [1.54, 1.807) is 31.2 Å². The highest BCUT2D eigenvalue weighted by molar-refractivity contribution is 5.91. The number of nitrogens with zero attached hydrogens (tertiary/aromatic N) is 2. The van der Waals surface area contributed by atoms with E-state index in [1.807, 2.05) is 12.1 Å². The average Bonchev–Trinajstić information content (AvgIpc) is 2.71. The van der Waals surface area contributed by atoms with Gasteiger partial charge in [-0.05, 0) is 25.5 Å². The Morgan fingerprint density at radius 3 is 2.69 bits per heavy atom. The van der Waals surface area contributed by atoms with Crippen molar-refractivity contribution < 1.29 is 9.72 Å². The molecule has 0 aliphatic carbocycles. The lowest BCUT2D eigenvalue weighted by atomic mass is 10.2. The van der Waals surface area contributed by atoms with Crippen LogP contribution in [0.2, 0.25) is 0 Å². The molecular weight excluding hydrogens is 376 g/mol. The van der Waals surface area contributed by atoms with Gasteiger partial charge in [-0.15, -0.1) is 0 Å². The highest BCUT2D eigenvalue weighted by atomic mass is 16.6. The van der Waals surface area contributed by atoms with E-state index >= 15 is 0 Å². The minimum atomic E-state index is -0.487. The van der Waals surface area contributed by atoms with Gasteiger partial charge in [-0.1, -0.05) is 24.3 Å². The fourth-order valence-corrected chi connectivity index (χ4v) is 2.81. The van der Waals surface area contributed by atoms with E-state index in [1.165, 1.54) is 6.07 Å². The van der Waals surface area contributed by atoms with E-state index in [2.05, 4.69) is 26.1 Å². The third-order valence-corrected chi connectivity index (χ3v) is 4.29. The molecule has 0 spiro atoms. The number of hydrogen-bond donors (Lipinski definition) is 4. The molecule has 0 saturated heterocycles. The molecule has 1 heterocycles. The van der Waals surface area contributed by atoms with Crippen molar-refractivity contribution in [2.45, 2.75) is 13.3 Å². The van der Waals surface area contributed by atoms with Gasteiger partial charge in [-0.3, -0.25) is 14.9 Å². The van der Waals surface area contributed by atoms with Crippen LogP contribution in [-0.4, -0.2) is 34.2 Å². The van der Waals surface area contributed by atoms with Crippen LogP contribution in [0.1, 0.15) is 12.0 Å². The quantitative estimate of drug-likeness (QED) is 0.275. The molecule has 0 bridgehead atoms. The number of carbonyl (C=O) groups excluding carboxylic acids is 1. The molecule has 1 aromatic heterocycles. The molecule has 0 aliphatic rings. The van der Waals surface area contributed by atoms with Crippen LogP contribution >= 0.6 is 0 Å². The summed E-state index contributed by atoms with van der Waals surface area (Å²) < 4.78 is 0. The van der Waals surface area contributed by atoms with E-state index in [-0.39, 0.29) is 11.2 Å². The van der Waals surface area contributed by atoms with E-state index in [9.17, 15) is 19.7 Å². The number of carbonyl (C=O) groups is 1. The summed E-state index contributed by atoms with van der Waals surface area (Å²) in [5, 5.41) is 27.1. The van der Waals surface area contributed by atoms with Crippen molar-refractivity contribution in [3.63, 3.8) is 0 Å². The SMILES string of the molecule is Cc1ccc(NC(=O)NCCCNc2n[nH]c(=O)c3ccccc23)cc1[N+](=O)[O-]. The molecule has 10 nitrogen and oxygen atoms in total. The Morgan fingerprint density at radius 2 is 1.93 bits per heavy atom. The summed E-state index contributed by atoms with van der Waals surface area (Å²) in [5.74, 6) is 0.566. The number of benzene rings is 2. The van der Waals surface area contributed by atoms with Crippen molar-refractivity contribution in [2.24, 2.45) is 0 Å². The number of rotatable bonds is 7. The summed E-state index contributed by atoms with van der Waals surface area (Å²) in [6, 6.07) is 11.2. The number of aromatic nitrogens is 2. The molecule has 4 N–H and O–H groups in total. The fourth-order valence-electron chi connectivity index (χ4n) is 2.81. The molecule has 0 saturated carbocycles. The minimum Gasteiger partial charge on any atom is -0.368 e. The molecule has 2 amide bonds. The van der Waals surface area contributed by atoms with Gasteiger partial charge in [0.1, 0.15) is 0 Å². The van der Waals surface area contributed by atoms with Crippen LogP contribution in [0.15, 0.2) is 47.3 Å². The topological polar surface area (TPSA) is 142 Å². The number of hydrogen-bond acceptors (Lipinski definition) is 6. The Hall–Kier alpha value is -3.95. The molecule has 0 fully saturated rings. The fraction of sp³-hybridized carbons (Fsp3) is 0.211. The number of amides is 2. The first-order chi connectivity index (χ1) is 14.0. The van der Waals surface area contributed by atoms with E-state index in [4.69, 9.17) is 0 Å². The molecule has 3 aromatic rings. The van der Waals surface area contributed by atoms with Crippen LogP contribution in [0, 0.1) is 17.0 Å². The Balaban J connectivity index is 1.47. The van der Waals surface area contributed by atoms with Crippen LogP contribution in [0.5, 0.6) is 0 Å². The first-order valence-electron chi connectivity index (χ1n) is 8.97. The molecule has 0 atom stereocenters. The van der Waals surface area contributed by atoms with E-state index in [0.29, 0.717) is 42.0 Å². The number of H-pyrrole nitrogens is 1. The van der Waals surface area contributed by atoms with Gasteiger partial charge in [0.15, 0.2) is 5.82 Å². The average molecular weight is 396 g/mol. The van der Waals surface area contributed by atoms with Crippen LogP contribution < -0.4 is 21.5 Å². The number of nitrogens with one attached hydrogen (secondary N) is 4. The maximum Gasteiger partial charge on any atom is 0.319 e. The lowest BCUT2D eigenvalue weighted by Crippen LogP contribution is -2.30. The Bertz CT molecular complexity index is 1110. The molecule has 0 unspecified atom stereocenters. The van der Waals surface area contributed by atoms with Gasteiger partial charge in [0.05, 0.1) is 10.3 Å². The lowest BCUT2D eigenvalue weighted by molar-refractivity contribution is -0.385.